The van der Waals surface area contributed by atoms with Crippen molar-refractivity contribution in [3.8, 4) is 6.07 Å². The van der Waals surface area contributed by atoms with Gasteiger partial charge in [0.2, 0.25) is 5.91 Å². The van der Waals surface area contributed by atoms with E-state index in [1.165, 1.54) is 0 Å². The van der Waals surface area contributed by atoms with Gasteiger partial charge in [-0.25, -0.2) is 0 Å². The molecule has 1 fully saturated rings. The van der Waals surface area contributed by atoms with Crippen molar-refractivity contribution in [2.45, 2.75) is 31.2 Å². The van der Waals surface area contributed by atoms with Crippen molar-refractivity contribution in [2.75, 3.05) is 6.54 Å². The van der Waals surface area contributed by atoms with Gasteiger partial charge in [-0.15, -0.1) is 6.58 Å². The number of hydrogen-bond donors (Lipinski definition) is 2. The van der Waals surface area contributed by atoms with Crippen molar-refractivity contribution >= 4 is 5.91 Å². The van der Waals surface area contributed by atoms with Crippen LogP contribution in [0.4, 0.5) is 0 Å². The molecule has 0 atom stereocenters. The number of carbonyl (C=O) groups is 1. The molecule has 1 amide bonds. The van der Waals surface area contributed by atoms with Crippen molar-refractivity contribution in [1.29, 1.82) is 5.26 Å². The normalized spacial score (nSPS) is 30.3. The molecule has 15 heavy (non-hydrogen) atoms. The van der Waals surface area contributed by atoms with Crippen LogP contribution in [0.25, 0.3) is 0 Å². The molecule has 1 aliphatic rings. The Labute approximate surface area is 90.1 Å². The van der Waals surface area contributed by atoms with Gasteiger partial charge >= 0.3 is 0 Å². The number of amides is 1. The van der Waals surface area contributed by atoms with Crippen molar-refractivity contribution in [1.82, 2.24) is 5.32 Å². The maximum Gasteiger partial charge on any atom is 0.223 e. The average molecular weight is 207 g/mol. The second kappa shape index (κ2) is 4.94. The SMILES string of the molecule is C=CCNC(=O)C1CCC(N)(C#N)CC1. The summed E-state index contributed by atoms with van der Waals surface area (Å²) in [5.74, 6) is 0.0601. The third-order valence-electron chi connectivity index (χ3n) is 2.89. The first-order valence-electron chi connectivity index (χ1n) is 5.20. The van der Waals surface area contributed by atoms with E-state index in [0.29, 0.717) is 32.2 Å². The van der Waals surface area contributed by atoms with Gasteiger partial charge in [0.1, 0.15) is 5.54 Å². The Bertz CT molecular complexity index is 285. The zero-order valence-electron chi connectivity index (χ0n) is 8.83. The molecule has 0 spiro atoms. The smallest absolute Gasteiger partial charge is 0.223 e. The Morgan fingerprint density at radius 2 is 2.27 bits per heavy atom. The predicted molar refractivity (Wildman–Crippen MR) is 57.7 cm³/mol. The Morgan fingerprint density at radius 3 is 2.73 bits per heavy atom. The number of nitrogens with one attached hydrogen (secondary N) is 1. The predicted octanol–water partition coefficient (Wildman–Crippen LogP) is 0.700. The van der Waals surface area contributed by atoms with E-state index < -0.39 is 5.54 Å². The third-order valence-corrected chi connectivity index (χ3v) is 2.89. The van der Waals surface area contributed by atoms with Gasteiger partial charge in [-0.3, -0.25) is 4.79 Å². The number of rotatable bonds is 3. The number of nitrogens with zero attached hydrogens (tertiary/aromatic N) is 1. The molecular formula is C11H17N3O. The second-order valence-electron chi connectivity index (χ2n) is 4.08. The molecule has 0 unspecified atom stereocenters. The van der Waals surface area contributed by atoms with E-state index in [0.717, 1.165) is 0 Å². The van der Waals surface area contributed by atoms with Gasteiger partial charge < -0.3 is 11.1 Å². The first-order chi connectivity index (χ1) is 7.11. The fourth-order valence-electron chi connectivity index (χ4n) is 1.82. The van der Waals surface area contributed by atoms with Gasteiger partial charge in [0.25, 0.3) is 0 Å². The maximum atomic E-state index is 11.6. The molecule has 0 aliphatic heterocycles. The fraction of sp³-hybridized carbons (Fsp3) is 0.636. The highest BCUT2D eigenvalue weighted by atomic mass is 16.1. The lowest BCUT2D eigenvalue weighted by molar-refractivity contribution is -0.125. The van der Waals surface area contributed by atoms with Crippen LogP contribution in [-0.4, -0.2) is 18.0 Å². The van der Waals surface area contributed by atoms with Crippen LogP contribution in [-0.2, 0) is 4.79 Å². The van der Waals surface area contributed by atoms with Crippen LogP contribution in [0.1, 0.15) is 25.7 Å². The summed E-state index contributed by atoms with van der Waals surface area (Å²) in [7, 11) is 0. The molecule has 0 saturated heterocycles. The molecule has 0 aromatic carbocycles. The van der Waals surface area contributed by atoms with Gasteiger partial charge in [-0.05, 0) is 25.7 Å². The number of nitrogens with two attached hydrogens (primary N) is 1. The van der Waals surface area contributed by atoms with Crippen LogP contribution >= 0.6 is 0 Å². The summed E-state index contributed by atoms with van der Waals surface area (Å²) in [6, 6.07) is 2.11. The summed E-state index contributed by atoms with van der Waals surface area (Å²) in [6.07, 6.45) is 4.27. The van der Waals surface area contributed by atoms with Crippen molar-refractivity contribution < 1.29 is 4.79 Å². The Hall–Kier alpha value is -1.34. The lowest BCUT2D eigenvalue weighted by Crippen LogP contribution is -2.44. The standard InChI is InChI=1S/C11H17N3O/c1-2-7-14-10(15)9-3-5-11(13,8-12)6-4-9/h2,9H,1,3-7,13H2,(H,14,15). The minimum atomic E-state index is -0.713. The highest BCUT2D eigenvalue weighted by molar-refractivity contribution is 5.78. The Kier molecular flexibility index (Phi) is 3.87. The van der Waals surface area contributed by atoms with Crippen LogP contribution < -0.4 is 11.1 Å². The molecule has 1 aliphatic carbocycles. The summed E-state index contributed by atoms with van der Waals surface area (Å²) in [5.41, 5.74) is 5.10. The van der Waals surface area contributed by atoms with Crippen LogP contribution in [0.2, 0.25) is 0 Å². The van der Waals surface area contributed by atoms with Crippen LogP contribution in [0.5, 0.6) is 0 Å². The second-order valence-corrected chi connectivity index (χ2v) is 4.08. The largest absolute Gasteiger partial charge is 0.352 e. The third kappa shape index (κ3) is 3.07. The number of carbonyl (C=O) groups excluding carboxylic acids is 1. The van der Waals surface area contributed by atoms with E-state index >= 15 is 0 Å². The summed E-state index contributed by atoms with van der Waals surface area (Å²) in [4.78, 5) is 11.6. The molecular weight excluding hydrogens is 190 g/mol. The number of nitriles is 1. The molecule has 0 bridgehead atoms. The molecule has 0 aromatic heterocycles. The van der Waals surface area contributed by atoms with Gasteiger partial charge in [0, 0.05) is 12.5 Å². The molecule has 0 aromatic rings. The van der Waals surface area contributed by atoms with E-state index in [-0.39, 0.29) is 11.8 Å². The van der Waals surface area contributed by atoms with Crippen LogP contribution in [0, 0.1) is 17.2 Å². The molecule has 1 saturated carbocycles. The Balaban J connectivity index is 2.41. The monoisotopic (exact) mass is 207 g/mol. The zero-order chi connectivity index (χ0) is 11.3. The van der Waals surface area contributed by atoms with E-state index in [1.54, 1.807) is 6.08 Å². The molecule has 1 rings (SSSR count). The first kappa shape index (κ1) is 11.7. The van der Waals surface area contributed by atoms with Gasteiger partial charge in [0.15, 0.2) is 0 Å². The highest BCUT2D eigenvalue weighted by Gasteiger charge is 2.34. The molecule has 4 heteroatoms. The lowest BCUT2D eigenvalue weighted by Gasteiger charge is -2.30. The summed E-state index contributed by atoms with van der Waals surface area (Å²) in [6.45, 7) is 4.04. The van der Waals surface area contributed by atoms with Crippen LogP contribution in [0.15, 0.2) is 12.7 Å². The minimum absolute atomic E-state index is 0.00924. The first-order valence-corrected chi connectivity index (χ1v) is 5.20. The quantitative estimate of drug-likeness (QED) is 0.668. The Morgan fingerprint density at radius 1 is 1.67 bits per heavy atom. The molecule has 3 N–H and O–H groups in total. The minimum Gasteiger partial charge on any atom is -0.352 e. The van der Waals surface area contributed by atoms with E-state index in [9.17, 15) is 4.79 Å². The van der Waals surface area contributed by atoms with Gasteiger partial charge in [0.05, 0.1) is 6.07 Å². The van der Waals surface area contributed by atoms with Gasteiger partial charge in [-0.2, -0.15) is 5.26 Å². The molecule has 4 nitrogen and oxygen atoms in total. The topological polar surface area (TPSA) is 78.9 Å². The summed E-state index contributed by atoms with van der Waals surface area (Å²) < 4.78 is 0. The molecule has 82 valence electrons. The van der Waals surface area contributed by atoms with Crippen molar-refractivity contribution in [3.63, 3.8) is 0 Å². The fourth-order valence-corrected chi connectivity index (χ4v) is 1.82. The van der Waals surface area contributed by atoms with Crippen LogP contribution in [0.3, 0.4) is 0 Å². The van der Waals surface area contributed by atoms with Crippen molar-refractivity contribution in [3.05, 3.63) is 12.7 Å². The van der Waals surface area contributed by atoms with E-state index in [4.69, 9.17) is 11.0 Å². The average Bonchev–Trinajstić information content (AvgIpc) is 2.27. The zero-order valence-corrected chi connectivity index (χ0v) is 8.83. The highest BCUT2D eigenvalue weighted by Crippen LogP contribution is 2.29. The molecule has 0 radical (unpaired) electrons. The maximum absolute atomic E-state index is 11.6. The number of hydrogen-bond acceptors (Lipinski definition) is 3. The van der Waals surface area contributed by atoms with E-state index in [1.807, 2.05) is 0 Å². The summed E-state index contributed by atoms with van der Waals surface area (Å²) >= 11 is 0. The summed E-state index contributed by atoms with van der Waals surface area (Å²) in [5, 5.41) is 11.6. The van der Waals surface area contributed by atoms with E-state index in [2.05, 4.69) is 18.0 Å². The lowest BCUT2D eigenvalue weighted by atomic mass is 9.77. The molecule has 0 heterocycles. The van der Waals surface area contributed by atoms with Crippen molar-refractivity contribution in [2.24, 2.45) is 11.7 Å². The van der Waals surface area contributed by atoms with Gasteiger partial charge in [-0.1, -0.05) is 6.08 Å².